The molecule has 1 aliphatic rings. The zero-order valence-electron chi connectivity index (χ0n) is 17.3. The summed E-state index contributed by atoms with van der Waals surface area (Å²) in [7, 11) is 3.15. The minimum atomic E-state index is -0.498. The molecule has 1 saturated heterocycles. The number of carbonyl (C=O) groups excluding carboxylic acids is 1. The Morgan fingerprint density at radius 3 is 2.81 bits per heavy atom. The molecule has 1 aromatic carbocycles. The number of H-pyrrole nitrogens is 2. The van der Waals surface area contributed by atoms with E-state index in [4.69, 9.17) is 9.47 Å². The predicted octanol–water partition coefficient (Wildman–Crippen LogP) is 2.58. The fraction of sp³-hybridized carbons (Fsp3) is 0.238. The number of methoxy groups -OCH3 is 2. The monoisotopic (exact) mass is 437 g/mol. The quantitative estimate of drug-likeness (QED) is 0.424. The van der Waals surface area contributed by atoms with Gasteiger partial charge >= 0.3 is 0 Å². The largest absolute Gasteiger partial charge is 0.497 e. The van der Waals surface area contributed by atoms with Crippen LogP contribution in [0.25, 0.3) is 22.6 Å². The molecule has 0 radical (unpaired) electrons. The van der Waals surface area contributed by atoms with E-state index in [1.807, 2.05) is 0 Å². The number of hydrogen-bond acceptors (Lipinski definition) is 7. The second kappa shape index (κ2) is 7.93. The van der Waals surface area contributed by atoms with E-state index in [2.05, 4.69) is 35.4 Å². The fourth-order valence-corrected chi connectivity index (χ4v) is 3.47. The summed E-state index contributed by atoms with van der Waals surface area (Å²) >= 11 is 0. The van der Waals surface area contributed by atoms with Crippen LogP contribution in [0.1, 0.15) is 10.4 Å². The summed E-state index contributed by atoms with van der Waals surface area (Å²) in [6.07, 6.45) is 1.74. The van der Waals surface area contributed by atoms with E-state index < -0.39 is 5.82 Å². The van der Waals surface area contributed by atoms with Gasteiger partial charge in [-0.25, -0.2) is 14.4 Å². The van der Waals surface area contributed by atoms with E-state index in [1.165, 1.54) is 19.4 Å². The molecule has 11 heteroatoms. The molecule has 0 unspecified atom stereocenters. The van der Waals surface area contributed by atoms with Crippen LogP contribution in [0, 0.1) is 5.82 Å². The van der Waals surface area contributed by atoms with Gasteiger partial charge in [-0.2, -0.15) is 5.10 Å². The van der Waals surface area contributed by atoms with Gasteiger partial charge in [0.1, 0.15) is 22.8 Å². The number of halogens is 1. The predicted molar refractivity (Wildman–Crippen MR) is 115 cm³/mol. The van der Waals surface area contributed by atoms with Crippen LogP contribution < -0.4 is 15.0 Å². The lowest BCUT2D eigenvalue weighted by Crippen LogP contribution is -2.52. The highest BCUT2D eigenvalue weighted by Gasteiger charge is 2.27. The van der Waals surface area contributed by atoms with Gasteiger partial charge in [0.05, 0.1) is 24.3 Å². The molecule has 0 saturated carbocycles. The average Bonchev–Trinajstić information content (AvgIpc) is 3.40. The fourth-order valence-electron chi connectivity index (χ4n) is 3.47. The second-order valence-electron chi connectivity index (χ2n) is 7.38. The van der Waals surface area contributed by atoms with E-state index in [0.29, 0.717) is 34.2 Å². The van der Waals surface area contributed by atoms with Crippen molar-refractivity contribution in [3.05, 3.63) is 47.9 Å². The Morgan fingerprint density at radius 1 is 1.25 bits per heavy atom. The Morgan fingerprint density at radius 2 is 2.09 bits per heavy atom. The Kier molecular flexibility index (Phi) is 4.94. The Bertz CT molecular complexity index is 1280. The maximum atomic E-state index is 14.2. The first kappa shape index (κ1) is 19.9. The molecule has 0 atom stereocenters. The topological polar surface area (TPSA) is 121 Å². The van der Waals surface area contributed by atoms with Crippen molar-refractivity contribution in [2.45, 2.75) is 6.10 Å². The van der Waals surface area contributed by atoms with Crippen LogP contribution in [0.5, 0.6) is 5.75 Å². The molecule has 0 spiro atoms. The summed E-state index contributed by atoms with van der Waals surface area (Å²) in [5.74, 6) is 1.02. The number of nitrogens with zero attached hydrogens (tertiary/aromatic N) is 4. The van der Waals surface area contributed by atoms with Crippen molar-refractivity contribution in [3.8, 4) is 17.3 Å². The maximum Gasteiger partial charge on any atom is 0.258 e. The smallest absolute Gasteiger partial charge is 0.258 e. The van der Waals surface area contributed by atoms with E-state index in [9.17, 15) is 9.18 Å². The average molecular weight is 437 g/mol. The molecule has 1 fully saturated rings. The molecule has 1 aliphatic heterocycles. The molecular weight excluding hydrogens is 417 g/mol. The van der Waals surface area contributed by atoms with Crippen LogP contribution in [0.4, 0.5) is 16.0 Å². The highest BCUT2D eigenvalue weighted by molar-refractivity contribution is 6.03. The first-order valence-corrected chi connectivity index (χ1v) is 9.88. The zero-order valence-corrected chi connectivity index (χ0v) is 17.3. The van der Waals surface area contributed by atoms with Crippen LogP contribution in [0.15, 0.2) is 36.5 Å². The molecule has 10 nitrogen and oxygen atoms in total. The number of anilines is 2. The number of ether oxygens (including phenoxy) is 2. The van der Waals surface area contributed by atoms with Gasteiger partial charge < -0.3 is 24.7 Å². The Labute approximate surface area is 181 Å². The van der Waals surface area contributed by atoms with Crippen molar-refractivity contribution in [2.75, 3.05) is 37.5 Å². The molecule has 32 heavy (non-hydrogen) atoms. The minimum Gasteiger partial charge on any atom is -0.497 e. The molecule has 4 aromatic rings. The van der Waals surface area contributed by atoms with Crippen LogP contribution in [0.2, 0.25) is 0 Å². The van der Waals surface area contributed by atoms with Crippen molar-refractivity contribution < 1.29 is 18.7 Å². The number of rotatable bonds is 6. The van der Waals surface area contributed by atoms with Crippen molar-refractivity contribution in [1.82, 2.24) is 25.1 Å². The van der Waals surface area contributed by atoms with Gasteiger partial charge in [0, 0.05) is 44.6 Å². The maximum absolute atomic E-state index is 14.2. The normalized spacial score (nSPS) is 13.9. The third-order valence-electron chi connectivity index (χ3n) is 5.34. The first-order chi connectivity index (χ1) is 15.5. The van der Waals surface area contributed by atoms with Crippen LogP contribution in [0.3, 0.4) is 0 Å². The molecule has 3 N–H and O–H groups in total. The minimum absolute atomic E-state index is 0.186. The molecular formula is C21H20FN7O3. The first-order valence-electron chi connectivity index (χ1n) is 9.88. The number of benzene rings is 1. The number of amides is 1. The number of aromatic nitrogens is 5. The van der Waals surface area contributed by atoms with Crippen molar-refractivity contribution in [1.29, 1.82) is 0 Å². The molecule has 4 heterocycles. The van der Waals surface area contributed by atoms with Gasteiger partial charge in [-0.15, -0.1) is 0 Å². The summed E-state index contributed by atoms with van der Waals surface area (Å²) in [6, 6.07) is 8.04. The number of imidazole rings is 1. The van der Waals surface area contributed by atoms with Gasteiger partial charge in [-0.05, 0) is 12.1 Å². The van der Waals surface area contributed by atoms with Crippen molar-refractivity contribution in [2.24, 2.45) is 0 Å². The van der Waals surface area contributed by atoms with Gasteiger partial charge in [-0.1, -0.05) is 0 Å². The van der Waals surface area contributed by atoms with E-state index in [0.717, 1.165) is 18.9 Å². The lowest BCUT2D eigenvalue weighted by atomic mass is 10.1. The van der Waals surface area contributed by atoms with Gasteiger partial charge in [-0.3, -0.25) is 9.89 Å². The number of aromatic amines is 2. The molecule has 0 aliphatic carbocycles. The van der Waals surface area contributed by atoms with Crippen molar-refractivity contribution in [3.63, 3.8) is 0 Å². The van der Waals surface area contributed by atoms with Gasteiger partial charge in [0.25, 0.3) is 5.91 Å². The molecule has 1 amide bonds. The molecule has 3 aromatic heterocycles. The molecule has 164 valence electrons. The highest BCUT2D eigenvalue weighted by Crippen LogP contribution is 2.26. The van der Waals surface area contributed by atoms with Gasteiger partial charge in [0.15, 0.2) is 17.5 Å². The second-order valence-corrected chi connectivity index (χ2v) is 7.38. The van der Waals surface area contributed by atoms with Gasteiger partial charge in [0.2, 0.25) is 0 Å². The van der Waals surface area contributed by atoms with Crippen LogP contribution in [-0.4, -0.2) is 64.5 Å². The summed E-state index contributed by atoms with van der Waals surface area (Å²) in [5.41, 5.74) is 1.57. The lowest BCUT2D eigenvalue weighted by Gasteiger charge is -2.38. The molecule has 5 rings (SSSR count). The van der Waals surface area contributed by atoms with Crippen LogP contribution >= 0.6 is 0 Å². The van der Waals surface area contributed by atoms with Crippen LogP contribution in [-0.2, 0) is 4.74 Å². The third kappa shape index (κ3) is 3.62. The summed E-state index contributed by atoms with van der Waals surface area (Å²) in [5, 5.41) is 9.60. The standard InChI is InChI=1S/C21H20FN7O3/c1-31-12-5-14(22)19-15(6-12)24-20(26-19)16-7-17(28-27-16)25-21(30)11-3-4-18(23-8-11)29-9-13(10-29)32-2/h3-8,13H,9-10H2,1-2H3,(H,24,26)(H2,25,27,28,30). The molecule has 0 bridgehead atoms. The third-order valence-corrected chi connectivity index (χ3v) is 5.34. The number of fused-ring (bicyclic) bond motifs is 1. The summed E-state index contributed by atoms with van der Waals surface area (Å²) < 4.78 is 24.5. The van der Waals surface area contributed by atoms with E-state index in [1.54, 1.807) is 31.4 Å². The Balaban J connectivity index is 1.28. The van der Waals surface area contributed by atoms with Crippen molar-refractivity contribution >= 4 is 28.6 Å². The number of carbonyl (C=O) groups is 1. The summed E-state index contributed by atoms with van der Waals surface area (Å²) in [4.78, 5) is 26.3. The van der Waals surface area contributed by atoms with E-state index >= 15 is 0 Å². The zero-order chi connectivity index (χ0) is 22.2. The lowest BCUT2D eigenvalue weighted by molar-refractivity contribution is 0.0783. The number of hydrogen-bond donors (Lipinski definition) is 3. The Hall–Kier alpha value is -3.99. The summed E-state index contributed by atoms with van der Waals surface area (Å²) in [6.45, 7) is 1.56. The highest BCUT2D eigenvalue weighted by atomic mass is 19.1. The number of nitrogens with one attached hydrogen (secondary N) is 3. The van der Waals surface area contributed by atoms with E-state index in [-0.39, 0.29) is 17.5 Å². The number of pyridine rings is 1. The SMILES string of the molecule is COc1cc(F)c2nc(-c3cc(NC(=O)c4ccc(N5CC(OC)C5)nc4)n[nH]3)[nH]c2c1.